The molecule has 0 unspecified atom stereocenters. The summed E-state index contributed by atoms with van der Waals surface area (Å²) in [5.41, 5.74) is -0.143. The van der Waals surface area contributed by atoms with Crippen molar-refractivity contribution in [2.45, 2.75) is 26.7 Å². The molecule has 0 spiro atoms. The lowest BCUT2D eigenvalue weighted by Gasteiger charge is -2.36. The van der Waals surface area contributed by atoms with Gasteiger partial charge in [-0.05, 0) is 36.6 Å². The van der Waals surface area contributed by atoms with Gasteiger partial charge in [0.25, 0.3) is 5.56 Å². The summed E-state index contributed by atoms with van der Waals surface area (Å²) in [6, 6.07) is 5.14. The minimum Gasteiger partial charge on any atom is -0.504 e. The maximum Gasteiger partial charge on any atom is 0.276 e. The molecule has 1 aliphatic heterocycles. The molecule has 9 nitrogen and oxygen atoms in total. The van der Waals surface area contributed by atoms with Crippen LogP contribution < -0.4 is 10.5 Å². The number of rotatable bonds is 5. The predicted octanol–water partition coefficient (Wildman–Crippen LogP) is 6.53. The molecule has 0 saturated carbocycles. The van der Waals surface area contributed by atoms with Gasteiger partial charge < -0.3 is 14.9 Å². The summed E-state index contributed by atoms with van der Waals surface area (Å²) >= 11 is 18.7. The summed E-state index contributed by atoms with van der Waals surface area (Å²) in [5.74, 6) is -4.31. The molecule has 14 heteroatoms. The molecule has 1 aliphatic rings. The molecule has 3 aromatic heterocycles. The van der Waals surface area contributed by atoms with E-state index in [9.17, 15) is 24.3 Å². The van der Waals surface area contributed by atoms with Gasteiger partial charge in [0.1, 0.15) is 22.3 Å². The number of benzene rings is 1. The summed E-state index contributed by atoms with van der Waals surface area (Å²) in [5, 5.41) is 18.9. The highest BCUT2D eigenvalue weighted by Gasteiger charge is 2.31. The lowest BCUT2D eigenvalue weighted by Crippen LogP contribution is -2.49. The van der Waals surface area contributed by atoms with Crippen molar-refractivity contribution in [1.82, 2.24) is 19.4 Å². The van der Waals surface area contributed by atoms with E-state index in [1.807, 2.05) is 19.9 Å². The van der Waals surface area contributed by atoms with Gasteiger partial charge in [-0.15, -0.1) is 0 Å². The molecule has 5 rings (SSSR count). The molecule has 0 bridgehead atoms. The van der Waals surface area contributed by atoms with Crippen LogP contribution in [-0.4, -0.2) is 56.6 Å². The molecule has 232 valence electrons. The number of aromatic hydroxyl groups is 1. The second-order valence-corrected chi connectivity index (χ2v) is 11.8. The topological polar surface area (TPSA) is 115 Å². The number of carbonyl (C=O) groups excluding carboxylic acids is 1. The minimum atomic E-state index is -1.46. The number of phenolic OH excluding ortho intramolecular Hbond substituents is 1. The number of carbonyl (C=O) groups is 1. The maximum atomic E-state index is 15.5. The van der Waals surface area contributed by atoms with Gasteiger partial charge in [-0.2, -0.15) is 5.26 Å². The third-order valence-electron chi connectivity index (χ3n) is 7.67. The molecule has 0 radical (unpaired) electrons. The fraction of sp³-hybridized carbons (Fsp3) is 0.258. The zero-order valence-electron chi connectivity index (χ0n) is 24.3. The first kappa shape index (κ1) is 32.2. The zero-order chi connectivity index (χ0) is 32.9. The van der Waals surface area contributed by atoms with Gasteiger partial charge in [0.05, 0.1) is 38.4 Å². The molecule has 1 amide bonds. The number of anilines is 1. The second kappa shape index (κ2) is 12.3. The van der Waals surface area contributed by atoms with Crippen LogP contribution in [0.4, 0.5) is 14.5 Å². The summed E-state index contributed by atoms with van der Waals surface area (Å²) in [6.45, 7) is 10.2. The highest BCUT2D eigenvalue weighted by atomic mass is 35.5. The Labute approximate surface area is 271 Å². The van der Waals surface area contributed by atoms with Crippen molar-refractivity contribution in [3.05, 3.63) is 84.9 Å². The van der Waals surface area contributed by atoms with Crippen LogP contribution in [0.3, 0.4) is 0 Å². The highest BCUT2D eigenvalue weighted by Crippen LogP contribution is 2.45. The van der Waals surface area contributed by atoms with Crippen molar-refractivity contribution in [2.75, 3.05) is 31.1 Å². The van der Waals surface area contributed by atoms with E-state index < -0.39 is 38.6 Å². The average molecular weight is 674 g/mol. The Hall–Kier alpha value is -4.24. The van der Waals surface area contributed by atoms with Crippen LogP contribution in [0.25, 0.3) is 28.0 Å². The van der Waals surface area contributed by atoms with E-state index in [-0.39, 0.29) is 71.0 Å². The molecule has 4 aromatic rings. The first-order valence-corrected chi connectivity index (χ1v) is 14.8. The maximum absolute atomic E-state index is 15.5. The van der Waals surface area contributed by atoms with Crippen molar-refractivity contribution >= 4 is 57.4 Å². The minimum absolute atomic E-state index is 0.0357. The van der Waals surface area contributed by atoms with Crippen molar-refractivity contribution in [1.29, 1.82) is 5.26 Å². The van der Waals surface area contributed by atoms with Gasteiger partial charge in [0.15, 0.2) is 17.4 Å². The first-order valence-electron chi connectivity index (χ1n) is 13.7. The third-order valence-corrected chi connectivity index (χ3v) is 8.66. The van der Waals surface area contributed by atoms with Gasteiger partial charge in [0, 0.05) is 37.8 Å². The highest BCUT2D eigenvalue weighted by molar-refractivity contribution is 6.39. The van der Waals surface area contributed by atoms with E-state index in [0.29, 0.717) is 16.9 Å². The summed E-state index contributed by atoms with van der Waals surface area (Å²) in [6.07, 6.45) is 2.81. The summed E-state index contributed by atoms with van der Waals surface area (Å²) in [4.78, 5) is 39.1. The number of aryl methyl sites for hydroxylation is 1. The molecule has 1 fully saturated rings. The largest absolute Gasteiger partial charge is 0.504 e. The Balaban J connectivity index is 1.93. The lowest BCUT2D eigenvalue weighted by atomic mass is 10.0. The van der Waals surface area contributed by atoms with Crippen molar-refractivity contribution < 1.29 is 18.7 Å². The van der Waals surface area contributed by atoms with Gasteiger partial charge >= 0.3 is 0 Å². The quantitative estimate of drug-likeness (QED) is 0.146. The van der Waals surface area contributed by atoms with Crippen LogP contribution in [0.15, 0.2) is 35.8 Å². The van der Waals surface area contributed by atoms with E-state index in [1.54, 1.807) is 29.0 Å². The molecule has 0 aliphatic carbocycles. The number of phenols is 1. The second-order valence-electron chi connectivity index (χ2n) is 10.7. The van der Waals surface area contributed by atoms with E-state index in [1.165, 1.54) is 16.7 Å². The van der Waals surface area contributed by atoms with Crippen LogP contribution >= 0.6 is 34.8 Å². The molecular formula is C31H25Cl3F2N6O3. The number of pyridine rings is 3. The Morgan fingerprint density at radius 3 is 2.40 bits per heavy atom. The monoisotopic (exact) mass is 672 g/mol. The lowest BCUT2D eigenvalue weighted by molar-refractivity contribution is -0.126. The Morgan fingerprint density at radius 2 is 1.80 bits per heavy atom. The third kappa shape index (κ3) is 5.27. The Bertz CT molecular complexity index is 1990. The average Bonchev–Trinajstić information content (AvgIpc) is 3.02. The van der Waals surface area contributed by atoms with Gasteiger partial charge in [-0.25, -0.2) is 13.8 Å². The first-order chi connectivity index (χ1) is 21.3. The molecular weight excluding hydrogens is 649 g/mol. The van der Waals surface area contributed by atoms with E-state index in [4.69, 9.17) is 34.8 Å². The van der Waals surface area contributed by atoms with Crippen molar-refractivity contribution in [2.24, 2.45) is 0 Å². The number of nitriles is 1. The normalized spacial score (nSPS) is 13.4. The van der Waals surface area contributed by atoms with Crippen LogP contribution in [0.1, 0.15) is 36.6 Å². The number of hydrogen-bond donors (Lipinski definition) is 1. The van der Waals surface area contributed by atoms with Crippen LogP contribution in [0.5, 0.6) is 5.75 Å². The molecule has 0 atom stereocenters. The Kier molecular flexibility index (Phi) is 8.77. The van der Waals surface area contributed by atoms with Gasteiger partial charge in [-0.3, -0.25) is 19.1 Å². The number of halogens is 5. The number of piperazine rings is 1. The van der Waals surface area contributed by atoms with Crippen LogP contribution in [0, 0.1) is 29.9 Å². The number of fused-ring (bicyclic) bond motifs is 1. The van der Waals surface area contributed by atoms with Crippen LogP contribution in [0.2, 0.25) is 15.1 Å². The van der Waals surface area contributed by atoms with Crippen LogP contribution in [-0.2, 0) is 4.79 Å². The SMILES string of the molecule is C=CC(=O)N1CCN(c2c(C#N)c(=O)n(-c3c(C)ccnc3C(C)C)c3nc(-c4c(F)c(Cl)c(F)c(O)c4Cl)c(Cl)cc23)CC1. The molecule has 45 heavy (non-hydrogen) atoms. The van der Waals surface area contributed by atoms with E-state index in [0.717, 1.165) is 0 Å². The fourth-order valence-corrected chi connectivity index (χ4v) is 6.16. The van der Waals surface area contributed by atoms with E-state index >= 15 is 4.39 Å². The van der Waals surface area contributed by atoms with Crippen molar-refractivity contribution in [3.63, 3.8) is 0 Å². The summed E-state index contributed by atoms with van der Waals surface area (Å²) in [7, 11) is 0. The van der Waals surface area contributed by atoms with Gasteiger partial charge in [0.2, 0.25) is 5.91 Å². The van der Waals surface area contributed by atoms with E-state index in [2.05, 4.69) is 16.5 Å². The molecule has 4 heterocycles. The summed E-state index contributed by atoms with van der Waals surface area (Å²) < 4.78 is 31.1. The molecule has 1 saturated heterocycles. The Morgan fingerprint density at radius 1 is 1.13 bits per heavy atom. The number of amides is 1. The van der Waals surface area contributed by atoms with Crippen molar-refractivity contribution in [3.8, 4) is 28.8 Å². The number of hydrogen-bond acceptors (Lipinski definition) is 7. The number of aromatic nitrogens is 3. The standard InChI is InChI=1S/C31H25Cl3F2N6O3/c1-5-19(43)40-8-10-41(11-9-40)28-16-12-18(32)26(20-21(33)29(44)24(36)22(34)23(20)35)39-30(16)42(31(45)17(28)13-37)27-15(4)6-7-38-25(27)14(2)3/h5-7,12,14,44H,1,8-11H2,2-4H3. The van der Waals surface area contributed by atoms with Gasteiger partial charge in [-0.1, -0.05) is 55.2 Å². The smallest absolute Gasteiger partial charge is 0.276 e. The predicted molar refractivity (Wildman–Crippen MR) is 170 cm³/mol. The molecule has 1 N–H and O–H groups in total. The molecule has 1 aromatic carbocycles. The number of nitrogens with zero attached hydrogens (tertiary/aromatic N) is 6. The zero-order valence-corrected chi connectivity index (χ0v) is 26.5. The fourth-order valence-electron chi connectivity index (χ4n) is 5.47.